The molecule has 2 heterocycles. The SMILES string of the molecule is O=c1[nH]c(=O)n(C2CN(C(c3ccccc3)(c3ccccc3)c3ccccc3)CC(CO)O2)cc1C#CCc1ccccc1[N+](=O)[O-]. The lowest BCUT2D eigenvalue weighted by Crippen LogP contribution is -2.58. The van der Waals surface area contributed by atoms with Crippen LogP contribution >= 0.6 is 0 Å². The zero-order valence-electron chi connectivity index (χ0n) is 25.4. The quantitative estimate of drug-likeness (QED) is 0.114. The number of H-pyrrole nitrogens is 1. The number of nitrogens with one attached hydrogen (secondary N) is 1. The van der Waals surface area contributed by atoms with Gasteiger partial charge in [-0.05, 0) is 16.7 Å². The minimum absolute atomic E-state index is 0.00453. The number of aliphatic hydroxyl groups is 1. The predicted octanol–water partition coefficient (Wildman–Crippen LogP) is 4.22. The molecule has 0 saturated carbocycles. The summed E-state index contributed by atoms with van der Waals surface area (Å²) in [5.74, 6) is 5.62. The molecular formula is C37H32N4O6. The highest BCUT2D eigenvalue weighted by Crippen LogP contribution is 2.44. The number of para-hydroxylation sites is 1. The van der Waals surface area contributed by atoms with Gasteiger partial charge in [-0.1, -0.05) is 121 Å². The van der Waals surface area contributed by atoms with E-state index in [-0.39, 0.29) is 30.8 Å². The first-order valence-corrected chi connectivity index (χ1v) is 15.2. The second kappa shape index (κ2) is 13.8. The van der Waals surface area contributed by atoms with Crippen molar-refractivity contribution in [1.29, 1.82) is 0 Å². The number of nitro benzene ring substituents is 1. The number of ether oxygens (including phenoxy) is 1. The summed E-state index contributed by atoms with van der Waals surface area (Å²) < 4.78 is 7.56. The summed E-state index contributed by atoms with van der Waals surface area (Å²) in [6, 6.07) is 36.4. The maximum Gasteiger partial charge on any atom is 0.330 e. The number of nitro groups is 1. The average molecular weight is 629 g/mol. The van der Waals surface area contributed by atoms with E-state index in [1.807, 2.05) is 54.6 Å². The second-order valence-corrected chi connectivity index (χ2v) is 11.2. The van der Waals surface area contributed by atoms with Gasteiger partial charge in [0.15, 0.2) is 6.23 Å². The third-order valence-corrected chi connectivity index (χ3v) is 8.37. The van der Waals surface area contributed by atoms with Crippen molar-refractivity contribution >= 4 is 5.69 Å². The highest BCUT2D eigenvalue weighted by atomic mass is 16.6. The van der Waals surface area contributed by atoms with Gasteiger partial charge in [0, 0.05) is 37.3 Å². The molecule has 0 aliphatic carbocycles. The summed E-state index contributed by atoms with van der Waals surface area (Å²) >= 11 is 0. The van der Waals surface area contributed by atoms with Crippen molar-refractivity contribution < 1.29 is 14.8 Å². The Labute approximate surface area is 270 Å². The van der Waals surface area contributed by atoms with Crippen LogP contribution in [0.3, 0.4) is 0 Å². The van der Waals surface area contributed by atoms with Gasteiger partial charge in [0.1, 0.15) is 5.56 Å². The van der Waals surface area contributed by atoms with Crippen molar-refractivity contribution in [2.75, 3.05) is 19.7 Å². The fraction of sp³-hybridized carbons (Fsp3) is 0.189. The third-order valence-electron chi connectivity index (χ3n) is 8.37. The van der Waals surface area contributed by atoms with Gasteiger partial charge >= 0.3 is 5.69 Å². The van der Waals surface area contributed by atoms with E-state index in [1.54, 1.807) is 18.2 Å². The van der Waals surface area contributed by atoms with Gasteiger partial charge in [-0.25, -0.2) is 4.79 Å². The molecule has 2 N–H and O–H groups in total. The number of aromatic amines is 1. The summed E-state index contributed by atoms with van der Waals surface area (Å²) in [5, 5.41) is 21.9. The van der Waals surface area contributed by atoms with Crippen LogP contribution < -0.4 is 11.2 Å². The van der Waals surface area contributed by atoms with Crippen LogP contribution in [0.2, 0.25) is 0 Å². The maximum absolute atomic E-state index is 13.3. The Morgan fingerprint density at radius 3 is 1.96 bits per heavy atom. The molecule has 5 aromatic rings. The zero-order valence-corrected chi connectivity index (χ0v) is 25.4. The van der Waals surface area contributed by atoms with E-state index in [4.69, 9.17) is 4.74 Å². The van der Waals surface area contributed by atoms with Gasteiger partial charge in [-0.15, -0.1) is 0 Å². The molecule has 0 radical (unpaired) electrons. The molecule has 2 unspecified atom stereocenters. The average Bonchev–Trinajstić information content (AvgIpc) is 3.11. The smallest absolute Gasteiger partial charge is 0.330 e. The van der Waals surface area contributed by atoms with E-state index >= 15 is 0 Å². The summed E-state index contributed by atoms with van der Waals surface area (Å²) in [6.07, 6.45) is -0.192. The molecule has 1 aliphatic rings. The van der Waals surface area contributed by atoms with Crippen molar-refractivity contribution in [3.8, 4) is 11.8 Å². The lowest BCUT2D eigenvalue weighted by atomic mass is 9.75. The first kappa shape index (κ1) is 31.4. The number of nitrogens with zero attached hydrogens (tertiary/aromatic N) is 3. The molecule has 2 atom stereocenters. The van der Waals surface area contributed by atoms with Gasteiger partial charge in [0.25, 0.3) is 11.2 Å². The van der Waals surface area contributed by atoms with Crippen molar-refractivity contribution in [3.05, 3.63) is 180 Å². The van der Waals surface area contributed by atoms with Crippen molar-refractivity contribution in [2.45, 2.75) is 24.3 Å². The van der Waals surface area contributed by atoms with Gasteiger partial charge < -0.3 is 9.84 Å². The van der Waals surface area contributed by atoms with Crippen molar-refractivity contribution in [3.63, 3.8) is 0 Å². The van der Waals surface area contributed by atoms with Crippen LogP contribution in [0.5, 0.6) is 0 Å². The molecule has 1 aliphatic heterocycles. The molecule has 0 bridgehead atoms. The van der Waals surface area contributed by atoms with Crippen LogP contribution in [-0.2, 0) is 16.7 Å². The number of aromatic nitrogens is 2. The Hall–Kier alpha value is -5.60. The standard InChI is InChI=1S/C37H32N4O6/c42-26-32-24-39(37(29-16-4-1-5-17-29,30-18-6-2-7-19-30)31-20-8-3-9-21-31)25-34(47-32)40-23-28(35(43)38-36(40)44)15-12-14-27-13-10-11-22-33(27)41(45)46/h1-11,13,16-23,32,34,42H,14,24-26H2,(H,38,43,44). The number of morpholine rings is 1. The number of aliphatic hydroxyl groups excluding tert-OH is 1. The summed E-state index contributed by atoms with van der Waals surface area (Å²) in [6.45, 7) is 0.249. The fourth-order valence-electron chi connectivity index (χ4n) is 6.29. The second-order valence-electron chi connectivity index (χ2n) is 11.2. The van der Waals surface area contributed by atoms with E-state index in [2.05, 4.69) is 58.1 Å². The molecule has 0 spiro atoms. The van der Waals surface area contributed by atoms with Gasteiger partial charge in [-0.2, -0.15) is 0 Å². The largest absolute Gasteiger partial charge is 0.394 e. The minimum Gasteiger partial charge on any atom is -0.394 e. The van der Waals surface area contributed by atoms with E-state index in [9.17, 15) is 24.8 Å². The van der Waals surface area contributed by atoms with Crippen LogP contribution in [-0.4, -0.2) is 50.3 Å². The molecular weight excluding hydrogens is 596 g/mol. The normalized spacial score (nSPS) is 16.6. The topological polar surface area (TPSA) is 131 Å². The molecule has 10 heteroatoms. The van der Waals surface area contributed by atoms with E-state index in [0.717, 1.165) is 16.7 Å². The Balaban J connectivity index is 1.44. The minimum atomic E-state index is -0.906. The molecule has 1 fully saturated rings. The van der Waals surface area contributed by atoms with Crippen LogP contribution in [0.1, 0.15) is 34.0 Å². The molecule has 47 heavy (non-hydrogen) atoms. The van der Waals surface area contributed by atoms with Crippen LogP contribution in [0.4, 0.5) is 5.69 Å². The first-order valence-electron chi connectivity index (χ1n) is 15.2. The van der Waals surface area contributed by atoms with E-state index in [0.29, 0.717) is 12.1 Å². The van der Waals surface area contributed by atoms with Crippen LogP contribution in [0, 0.1) is 22.0 Å². The van der Waals surface area contributed by atoms with Crippen molar-refractivity contribution in [2.24, 2.45) is 0 Å². The highest BCUT2D eigenvalue weighted by molar-refractivity contribution is 5.50. The number of hydrogen-bond donors (Lipinski definition) is 2. The molecule has 6 rings (SSSR count). The summed E-state index contributed by atoms with van der Waals surface area (Å²) in [5.41, 5.74) is 1.12. The maximum atomic E-state index is 13.3. The Kier molecular flexibility index (Phi) is 9.22. The Morgan fingerprint density at radius 2 is 1.40 bits per heavy atom. The monoisotopic (exact) mass is 628 g/mol. The Bertz CT molecular complexity index is 1940. The molecule has 4 aromatic carbocycles. The third kappa shape index (κ3) is 6.28. The zero-order chi connectivity index (χ0) is 32.8. The van der Waals surface area contributed by atoms with Crippen molar-refractivity contribution in [1.82, 2.24) is 14.5 Å². The molecule has 0 amide bonds. The summed E-state index contributed by atoms with van der Waals surface area (Å²) in [7, 11) is 0. The predicted molar refractivity (Wildman–Crippen MR) is 177 cm³/mol. The first-order chi connectivity index (χ1) is 22.9. The molecule has 1 saturated heterocycles. The van der Waals surface area contributed by atoms with Gasteiger partial charge in [0.05, 0.1) is 23.2 Å². The number of rotatable bonds is 8. The molecule has 236 valence electrons. The lowest BCUT2D eigenvalue weighted by Gasteiger charge is -2.50. The molecule has 10 nitrogen and oxygen atoms in total. The highest BCUT2D eigenvalue weighted by Gasteiger charge is 2.46. The molecule has 1 aromatic heterocycles. The van der Waals surface area contributed by atoms with E-state index in [1.165, 1.54) is 16.8 Å². The number of benzene rings is 4. The summed E-state index contributed by atoms with van der Waals surface area (Å²) in [4.78, 5) is 41.6. The van der Waals surface area contributed by atoms with Crippen LogP contribution in [0.25, 0.3) is 0 Å². The number of hydrogen-bond acceptors (Lipinski definition) is 7. The van der Waals surface area contributed by atoms with Gasteiger partial charge in [-0.3, -0.25) is 29.4 Å². The van der Waals surface area contributed by atoms with Crippen LogP contribution in [0.15, 0.2) is 131 Å². The Morgan fingerprint density at radius 1 is 0.851 bits per heavy atom. The fourth-order valence-corrected chi connectivity index (χ4v) is 6.29. The van der Waals surface area contributed by atoms with E-state index < -0.39 is 34.0 Å². The van der Waals surface area contributed by atoms with Gasteiger partial charge in [0.2, 0.25) is 0 Å². The lowest BCUT2D eigenvalue weighted by molar-refractivity contribution is -0.385.